The third kappa shape index (κ3) is 5.61. The summed E-state index contributed by atoms with van der Waals surface area (Å²) < 4.78 is 221. The van der Waals surface area contributed by atoms with Gasteiger partial charge in [-0.1, -0.05) is 0 Å². The first-order valence-corrected chi connectivity index (χ1v) is 6.79. The Morgan fingerprint density at radius 3 is 1.10 bits per heavy atom. The van der Waals surface area contributed by atoms with E-state index in [4.69, 9.17) is 0 Å². The van der Waals surface area contributed by atoms with Crippen LogP contribution in [-0.2, 0) is 0 Å². The monoisotopic (exact) mass is 492 g/mol. The molecule has 0 heterocycles. The molecule has 17 heteroatoms. The first kappa shape index (κ1) is 26.5. The fourth-order valence-electron chi connectivity index (χ4n) is 2.12. The van der Waals surface area contributed by atoms with Crippen LogP contribution in [0.3, 0.4) is 0 Å². The fraction of sp³-hybridized carbons (Fsp3) is 0.286. The zero-order valence-electron chi connectivity index (χ0n) is 13.5. The zero-order valence-corrected chi connectivity index (χ0v) is 13.5. The molecule has 0 nitrogen and oxygen atoms in total. The van der Waals surface area contributed by atoms with Gasteiger partial charge < -0.3 is 0 Å². The lowest BCUT2D eigenvalue weighted by atomic mass is 9.91. The molecule has 0 saturated carbocycles. The van der Waals surface area contributed by atoms with Crippen molar-refractivity contribution in [1.82, 2.24) is 0 Å². The van der Waals surface area contributed by atoms with Gasteiger partial charge in [0.05, 0.1) is 22.3 Å². The predicted molar refractivity (Wildman–Crippen MR) is 65.5 cm³/mol. The number of alkyl halides is 12. The molecule has 31 heavy (non-hydrogen) atoms. The molecular formula is C14HF17. The van der Waals surface area contributed by atoms with Crippen LogP contribution in [0.15, 0.2) is 17.2 Å². The predicted octanol–water partition coefficient (Wildman–Crippen LogP) is 7.31. The van der Waals surface area contributed by atoms with Crippen molar-refractivity contribution in [1.29, 1.82) is 0 Å². The van der Waals surface area contributed by atoms with Crippen LogP contribution in [0.25, 0.3) is 5.57 Å². The smallest absolute Gasteiger partial charge is 0.203 e. The highest BCUT2D eigenvalue weighted by molar-refractivity contribution is 5.78. The molecule has 0 saturated heterocycles. The molecule has 0 aliphatic rings. The molecule has 0 atom stereocenters. The Balaban J connectivity index is 4.50. The number of rotatable bonds is 2. The minimum absolute atomic E-state index is 2.31. The van der Waals surface area contributed by atoms with Crippen LogP contribution in [0.1, 0.15) is 5.56 Å². The van der Waals surface area contributed by atoms with E-state index in [1.807, 2.05) is 0 Å². The zero-order chi connectivity index (χ0) is 24.9. The maximum atomic E-state index is 13.7. The summed E-state index contributed by atoms with van der Waals surface area (Å²) in [4.78, 5) is 0. The van der Waals surface area contributed by atoms with Crippen molar-refractivity contribution in [2.45, 2.75) is 24.7 Å². The molecule has 1 aromatic carbocycles. The van der Waals surface area contributed by atoms with Gasteiger partial charge in [-0.3, -0.25) is 0 Å². The quantitative estimate of drug-likeness (QED) is 0.176. The van der Waals surface area contributed by atoms with Gasteiger partial charge in [-0.15, -0.1) is 0 Å². The van der Waals surface area contributed by atoms with Gasteiger partial charge in [0.1, 0.15) is 0 Å². The van der Waals surface area contributed by atoms with Crippen molar-refractivity contribution >= 4 is 5.57 Å². The van der Waals surface area contributed by atoms with Crippen LogP contribution in [0.4, 0.5) is 74.6 Å². The highest BCUT2D eigenvalue weighted by atomic mass is 19.4. The van der Waals surface area contributed by atoms with Gasteiger partial charge >= 0.3 is 24.7 Å². The van der Waals surface area contributed by atoms with Crippen molar-refractivity contribution in [2.24, 2.45) is 0 Å². The molecular weight excluding hydrogens is 491 g/mol. The molecule has 0 amide bonds. The molecule has 0 spiro atoms. The van der Waals surface area contributed by atoms with E-state index in [-0.39, 0.29) is 0 Å². The first-order valence-electron chi connectivity index (χ1n) is 6.79. The average Bonchev–Trinajstić information content (AvgIpc) is 2.52. The van der Waals surface area contributed by atoms with Crippen LogP contribution >= 0.6 is 0 Å². The summed E-state index contributed by atoms with van der Waals surface area (Å²) in [5.41, 5.74) is -16.3. The standard InChI is InChI=1S/C14HF17/c15-6-3(7(16)9(18)10(19)8(6)17)5(14(29,30)31)4(13(26,27)28)2(12(23,24)25)1-11(20,21)22/h1H/b2-1?,5-4-. The van der Waals surface area contributed by atoms with E-state index in [0.717, 1.165) is 0 Å². The van der Waals surface area contributed by atoms with Crippen molar-refractivity contribution < 1.29 is 74.6 Å². The molecule has 0 radical (unpaired) electrons. The minimum Gasteiger partial charge on any atom is -0.203 e. The second-order valence-electron chi connectivity index (χ2n) is 5.29. The first-order chi connectivity index (χ1) is 13.5. The summed E-state index contributed by atoms with van der Waals surface area (Å²) >= 11 is 0. The largest absolute Gasteiger partial charge is 0.417 e. The third-order valence-corrected chi connectivity index (χ3v) is 3.16. The van der Waals surface area contributed by atoms with Crippen molar-refractivity contribution in [3.8, 4) is 0 Å². The summed E-state index contributed by atoms with van der Waals surface area (Å²) in [7, 11) is 0. The Morgan fingerprint density at radius 1 is 0.484 bits per heavy atom. The topological polar surface area (TPSA) is 0 Å². The van der Waals surface area contributed by atoms with Crippen LogP contribution < -0.4 is 0 Å². The fourth-order valence-corrected chi connectivity index (χ4v) is 2.12. The third-order valence-electron chi connectivity index (χ3n) is 3.16. The van der Waals surface area contributed by atoms with Crippen LogP contribution in [-0.4, -0.2) is 24.7 Å². The van der Waals surface area contributed by atoms with Crippen molar-refractivity contribution in [2.75, 3.05) is 0 Å². The summed E-state index contributed by atoms with van der Waals surface area (Å²) in [5, 5.41) is 0. The Kier molecular flexibility index (Phi) is 6.75. The molecule has 0 unspecified atom stereocenters. The van der Waals surface area contributed by atoms with Crippen molar-refractivity contribution in [3.05, 3.63) is 51.9 Å². The molecule has 176 valence electrons. The molecule has 0 aliphatic heterocycles. The normalized spacial score (nSPS) is 15.3. The van der Waals surface area contributed by atoms with E-state index < -0.39 is 82.2 Å². The molecule has 0 N–H and O–H groups in total. The van der Waals surface area contributed by atoms with Crippen LogP contribution in [0.2, 0.25) is 0 Å². The van der Waals surface area contributed by atoms with Crippen LogP contribution in [0.5, 0.6) is 0 Å². The van der Waals surface area contributed by atoms with Crippen molar-refractivity contribution in [3.63, 3.8) is 0 Å². The molecule has 0 aromatic heterocycles. The Bertz CT molecular complexity index is 888. The maximum absolute atomic E-state index is 13.7. The minimum atomic E-state index is -7.09. The molecule has 1 rings (SSSR count). The lowest BCUT2D eigenvalue weighted by Crippen LogP contribution is -2.30. The Hall–Kier alpha value is -2.49. The lowest BCUT2D eigenvalue weighted by molar-refractivity contribution is -0.127. The second-order valence-corrected chi connectivity index (χ2v) is 5.29. The van der Waals surface area contributed by atoms with Gasteiger partial charge in [-0.25, -0.2) is 22.0 Å². The van der Waals surface area contributed by atoms with Gasteiger partial charge in [0.15, 0.2) is 23.3 Å². The van der Waals surface area contributed by atoms with Gasteiger partial charge in [-0.05, 0) is 0 Å². The molecule has 0 bridgehead atoms. The number of hydrogen-bond acceptors (Lipinski definition) is 0. The summed E-state index contributed by atoms with van der Waals surface area (Å²) in [6.45, 7) is 0. The Labute approximate surface area is 158 Å². The van der Waals surface area contributed by atoms with E-state index >= 15 is 0 Å². The summed E-state index contributed by atoms with van der Waals surface area (Å²) in [6.07, 6.45) is -29.7. The summed E-state index contributed by atoms with van der Waals surface area (Å²) in [6, 6.07) is 0. The van der Waals surface area contributed by atoms with E-state index in [2.05, 4.69) is 0 Å². The highest BCUT2D eigenvalue weighted by Gasteiger charge is 2.56. The number of hydrogen-bond donors (Lipinski definition) is 0. The van der Waals surface area contributed by atoms with Gasteiger partial charge in [0, 0.05) is 6.08 Å². The van der Waals surface area contributed by atoms with E-state index in [1.165, 1.54) is 0 Å². The molecule has 0 aliphatic carbocycles. The second kappa shape index (κ2) is 7.89. The van der Waals surface area contributed by atoms with E-state index in [0.29, 0.717) is 0 Å². The Morgan fingerprint density at radius 2 is 0.839 bits per heavy atom. The number of benzene rings is 1. The van der Waals surface area contributed by atoms with Crippen LogP contribution in [0, 0.1) is 29.1 Å². The summed E-state index contributed by atoms with van der Waals surface area (Å²) in [5.74, 6) is -17.1. The van der Waals surface area contributed by atoms with E-state index in [9.17, 15) is 74.6 Å². The SMILES string of the molecule is Fc1c(F)c(F)c(/C(=C(\C(=CC(F)(F)F)C(F)(F)F)C(F)(F)F)C(F)(F)F)c(F)c1F. The maximum Gasteiger partial charge on any atom is 0.417 e. The van der Waals surface area contributed by atoms with E-state index in [1.54, 1.807) is 0 Å². The number of halogens is 17. The van der Waals surface area contributed by atoms with Gasteiger partial charge in [0.25, 0.3) is 0 Å². The molecule has 1 aromatic rings. The van der Waals surface area contributed by atoms with Gasteiger partial charge in [-0.2, -0.15) is 52.7 Å². The van der Waals surface area contributed by atoms with Gasteiger partial charge in [0.2, 0.25) is 5.82 Å². The lowest BCUT2D eigenvalue weighted by Gasteiger charge is -2.24. The molecule has 0 fully saturated rings. The average molecular weight is 492 g/mol. The highest BCUT2D eigenvalue weighted by Crippen LogP contribution is 2.50. The number of allylic oxidation sites excluding steroid dienone is 4.